The van der Waals surface area contributed by atoms with Crippen molar-refractivity contribution in [2.45, 2.75) is 13.0 Å². The summed E-state index contributed by atoms with van der Waals surface area (Å²) in [7, 11) is 2.01. The molecule has 1 fully saturated rings. The van der Waals surface area contributed by atoms with Crippen molar-refractivity contribution in [1.82, 2.24) is 25.1 Å². The first kappa shape index (κ1) is 12.5. The van der Waals surface area contributed by atoms with Crippen molar-refractivity contribution in [3.63, 3.8) is 0 Å². The van der Waals surface area contributed by atoms with Gasteiger partial charge in [0.15, 0.2) is 0 Å². The normalized spacial score (nSPS) is 20.6. The Balaban J connectivity index is 1.98. The first-order chi connectivity index (χ1) is 8.35. The molecule has 1 aromatic rings. The molecule has 0 spiro atoms. The third kappa shape index (κ3) is 3.06. The van der Waals surface area contributed by atoms with Gasteiger partial charge in [-0.1, -0.05) is 6.92 Å². The summed E-state index contributed by atoms with van der Waals surface area (Å²) in [6.07, 6.45) is 3.70. The molecule has 17 heavy (non-hydrogen) atoms. The number of nitrogens with one attached hydrogen (secondary N) is 2. The Bertz CT molecular complexity index is 303. The number of H-pyrrole nitrogens is 1. The summed E-state index contributed by atoms with van der Waals surface area (Å²) in [4.78, 5) is 12.4. The first-order valence-electron chi connectivity index (χ1n) is 6.44. The number of hydrogen-bond donors (Lipinski definition) is 2. The van der Waals surface area contributed by atoms with Crippen LogP contribution in [0.5, 0.6) is 0 Å². The molecule has 1 aliphatic rings. The van der Waals surface area contributed by atoms with E-state index in [9.17, 15) is 0 Å². The lowest BCUT2D eigenvalue weighted by molar-refractivity contribution is 0.0976. The highest BCUT2D eigenvalue weighted by Crippen LogP contribution is 2.19. The van der Waals surface area contributed by atoms with E-state index in [1.807, 2.05) is 13.2 Å². The van der Waals surface area contributed by atoms with Crippen molar-refractivity contribution in [1.29, 1.82) is 0 Å². The summed E-state index contributed by atoms with van der Waals surface area (Å²) in [6.45, 7) is 8.98. The lowest BCUT2D eigenvalue weighted by Gasteiger charge is -2.38. The van der Waals surface area contributed by atoms with E-state index in [2.05, 4.69) is 32.0 Å². The molecule has 0 bridgehead atoms. The standard InChI is InChI=1S/C12H23N5/c1-3-16-4-6-17(7-5-16)12(9-13-2)11-8-14-10-15-11/h8,10,12-13H,3-7,9H2,1-2H3,(H,14,15). The molecular formula is C12H23N5. The van der Waals surface area contributed by atoms with E-state index in [1.165, 1.54) is 18.8 Å². The Morgan fingerprint density at radius 1 is 1.41 bits per heavy atom. The molecule has 96 valence electrons. The van der Waals surface area contributed by atoms with Crippen LogP contribution in [0.2, 0.25) is 0 Å². The van der Waals surface area contributed by atoms with E-state index >= 15 is 0 Å². The Morgan fingerprint density at radius 2 is 2.18 bits per heavy atom. The van der Waals surface area contributed by atoms with Crippen molar-refractivity contribution >= 4 is 0 Å². The molecule has 1 atom stereocenters. The summed E-state index contributed by atoms with van der Waals surface area (Å²) in [5, 5.41) is 3.28. The van der Waals surface area contributed by atoms with Gasteiger partial charge >= 0.3 is 0 Å². The quantitative estimate of drug-likeness (QED) is 0.774. The molecule has 0 aliphatic carbocycles. The summed E-state index contributed by atoms with van der Waals surface area (Å²) >= 11 is 0. The zero-order valence-electron chi connectivity index (χ0n) is 10.8. The van der Waals surface area contributed by atoms with Crippen LogP contribution < -0.4 is 5.32 Å². The molecule has 1 aliphatic heterocycles. The molecule has 2 N–H and O–H groups in total. The van der Waals surface area contributed by atoms with Crippen molar-refractivity contribution in [3.05, 3.63) is 18.2 Å². The maximum Gasteiger partial charge on any atom is 0.0922 e. The lowest BCUT2D eigenvalue weighted by atomic mass is 10.1. The Kier molecular flexibility index (Phi) is 4.53. The molecule has 0 saturated carbocycles. The van der Waals surface area contributed by atoms with Crippen molar-refractivity contribution in [2.75, 3.05) is 46.3 Å². The third-order valence-electron chi connectivity index (χ3n) is 3.57. The second-order valence-corrected chi connectivity index (χ2v) is 4.55. The smallest absolute Gasteiger partial charge is 0.0922 e. The van der Waals surface area contributed by atoms with Crippen molar-refractivity contribution < 1.29 is 0 Å². The minimum Gasteiger partial charge on any atom is -0.347 e. The SMILES string of the molecule is CCN1CCN(C(CNC)c2cnc[nH]2)CC1. The van der Waals surface area contributed by atoms with Crippen LogP contribution in [0.1, 0.15) is 18.7 Å². The number of aromatic amines is 1. The largest absolute Gasteiger partial charge is 0.347 e. The predicted octanol–water partition coefficient (Wildman–Crippen LogP) is 0.308. The molecule has 0 aromatic carbocycles. The number of piperazine rings is 1. The Labute approximate surface area is 103 Å². The van der Waals surface area contributed by atoms with Gasteiger partial charge in [0.2, 0.25) is 0 Å². The van der Waals surface area contributed by atoms with Gasteiger partial charge in [-0.2, -0.15) is 0 Å². The second kappa shape index (κ2) is 6.14. The van der Waals surface area contributed by atoms with Gasteiger partial charge in [0.05, 0.1) is 18.1 Å². The monoisotopic (exact) mass is 237 g/mol. The van der Waals surface area contributed by atoms with Gasteiger partial charge in [-0.3, -0.25) is 4.90 Å². The maximum atomic E-state index is 4.13. The van der Waals surface area contributed by atoms with Gasteiger partial charge in [0.25, 0.3) is 0 Å². The van der Waals surface area contributed by atoms with Gasteiger partial charge in [-0.25, -0.2) is 4.98 Å². The molecule has 2 heterocycles. The zero-order chi connectivity index (χ0) is 12.1. The summed E-state index contributed by atoms with van der Waals surface area (Å²) in [6, 6.07) is 0.418. The van der Waals surface area contributed by atoms with Crippen LogP contribution in [-0.2, 0) is 0 Å². The second-order valence-electron chi connectivity index (χ2n) is 4.55. The van der Waals surface area contributed by atoms with E-state index in [0.29, 0.717) is 6.04 Å². The topological polar surface area (TPSA) is 47.2 Å². The molecule has 5 heteroatoms. The number of nitrogens with zero attached hydrogens (tertiary/aromatic N) is 3. The molecule has 1 aromatic heterocycles. The first-order valence-corrected chi connectivity index (χ1v) is 6.44. The van der Waals surface area contributed by atoms with Crippen LogP contribution in [0.15, 0.2) is 12.5 Å². The average molecular weight is 237 g/mol. The maximum absolute atomic E-state index is 4.13. The van der Waals surface area contributed by atoms with Gasteiger partial charge in [-0.05, 0) is 13.6 Å². The fourth-order valence-electron chi connectivity index (χ4n) is 2.47. The van der Waals surface area contributed by atoms with Crippen LogP contribution in [0.4, 0.5) is 0 Å². The molecule has 1 saturated heterocycles. The van der Waals surface area contributed by atoms with Crippen LogP contribution in [0.3, 0.4) is 0 Å². The van der Waals surface area contributed by atoms with Gasteiger partial charge < -0.3 is 15.2 Å². The summed E-state index contributed by atoms with van der Waals surface area (Å²) in [5.41, 5.74) is 1.21. The molecule has 2 rings (SSSR count). The Hall–Kier alpha value is -0.910. The van der Waals surface area contributed by atoms with Crippen LogP contribution in [-0.4, -0.2) is 66.1 Å². The minimum absolute atomic E-state index is 0.418. The third-order valence-corrected chi connectivity index (χ3v) is 3.57. The fourth-order valence-corrected chi connectivity index (χ4v) is 2.47. The van der Waals surface area contributed by atoms with Gasteiger partial charge in [0.1, 0.15) is 0 Å². The number of hydrogen-bond acceptors (Lipinski definition) is 4. The zero-order valence-corrected chi connectivity index (χ0v) is 10.8. The fraction of sp³-hybridized carbons (Fsp3) is 0.750. The molecule has 0 amide bonds. The summed E-state index contributed by atoms with van der Waals surface area (Å²) in [5.74, 6) is 0. The molecular weight excluding hydrogens is 214 g/mol. The molecule has 0 radical (unpaired) electrons. The summed E-state index contributed by atoms with van der Waals surface area (Å²) < 4.78 is 0. The minimum atomic E-state index is 0.418. The number of aromatic nitrogens is 2. The number of likely N-dealkylation sites (N-methyl/N-ethyl adjacent to an activating group) is 2. The van der Waals surface area contributed by atoms with Crippen LogP contribution in [0, 0.1) is 0 Å². The van der Waals surface area contributed by atoms with E-state index in [-0.39, 0.29) is 0 Å². The van der Waals surface area contributed by atoms with Crippen LogP contribution >= 0.6 is 0 Å². The number of rotatable bonds is 5. The van der Waals surface area contributed by atoms with Gasteiger partial charge in [0, 0.05) is 38.9 Å². The van der Waals surface area contributed by atoms with E-state index in [4.69, 9.17) is 0 Å². The average Bonchev–Trinajstić information content (AvgIpc) is 2.90. The van der Waals surface area contributed by atoms with E-state index in [0.717, 1.165) is 26.2 Å². The van der Waals surface area contributed by atoms with E-state index < -0.39 is 0 Å². The molecule has 1 unspecified atom stereocenters. The lowest BCUT2D eigenvalue weighted by Crippen LogP contribution is -2.49. The van der Waals surface area contributed by atoms with Crippen molar-refractivity contribution in [3.8, 4) is 0 Å². The van der Waals surface area contributed by atoms with Crippen LogP contribution in [0.25, 0.3) is 0 Å². The predicted molar refractivity (Wildman–Crippen MR) is 68.9 cm³/mol. The highest BCUT2D eigenvalue weighted by molar-refractivity contribution is 5.04. The highest BCUT2D eigenvalue weighted by atomic mass is 15.3. The van der Waals surface area contributed by atoms with Gasteiger partial charge in [-0.15, -0.1) is 0 Å². The van der Waals surface area contributed by atoms with E-state index in [1.54, 1.807) is 6.33 Å². The highest BCUT2D eigenvalue weighted by Gasteiger charge is 2.24. The Morgan fingerprint density at radius 3 is 2.71 bits per heavy atom. The number of imidazole rings is 1. The molecule has 5 nitrogen and oxygen atoms in total. The van der Waals surface area contributed by atoms with Crippen molar-refractivity contribution in [2.24, 2.45) is 0 Å².